The Kier molecular flexibility index (Phi) is 13.9. The fourth-order valence-corrected chi connectivity index (χ4v) is 3.45. The first-order chi connectivity index (χ1) is 11.8. The Morgan fingerprint density at radius 2 is 1.42 bits per heavy atom. The Hall–Kier alpha value is -0.790. The number of ether oxygens (including phenoxy) is 1. The zero-order chi connectivity index (χ0) is 17.3. The standard InChI is InChI=1S/C22H40O2/c1-2-3-4-17-20-24-22(23)21-18-15-13-11-9-7-5-6-8-10-12-14-16-19-21/h5-6,21H,2-4,7-20H2,1H3/b6-5-. The molecule has 0 aromatic heterocycles. The number of hydrogen-bond acceptors (Lipinski definition) is 2. The molecule has 0 fully saturated rings. The Morgan fingerprint density at radius 3 is 2.00 bits per heavy atom. The lowest BCUT2D eigenvalue weighted by Crippen LogP contribution is -2.18. The number of esters is 1. The molecule has 2 heteroatoms. The van der Waals surface area contributed by atoms with E-state index in [-0.39, 0.29) is 11.9 Å². The summed E-state index contributed by atoms with van der Waals surface area (Å²) < 4.78 is 5.57. The predicted molar refractivity (Wildman–Crippen MR) is 103 cm³/mol. The average Bonchev–Trinajstić information content (AvgIpc) is 2.60. The maximum atomic E-state index is 12.4. The number of carbonyl (C=O) groups excluding carboxylic acids is 1. The van der Waals surface area contributed by atoms with E-state index in [9.17, 15) is 4.79 Å². The van der Waals surface area contributed by atoms with E-state index in [0.717, 1.165) is 19.3 Å². The summed E-state index contributed by atoms with van der Waals surface area (Å²) in [7, 11) is 0. The lowest BCUT2D eigenvalue weighted by atomic mass is 9.94. The molecular weight excluding hydrogens is 296 g/mol. The summed E-state index contributed by atoms with van der Waals surface area (Å²) in [5.41, 5.74) is 0. The van der Waals surface area contributed by atoms with Gasteiger partial charge in [-0.3, -0.25) is 4.79 Å². The molecule has 0 heterocycles. The second kappa shape index (κ2) is 15.7. The molecule has 1 rings (SSSR count). The molecule has 0 saturated carbocycles. The zero-order valence-corrected chi connectivity index (χ0v) is 16.1. The first-order valence-corrected chi connectivity index (χ1v) is 10.7. The molecule has 0 aromatic carbocycles. The van der Waals surface area contributed by atoms with Gasteiger partial charge in [0, 0.05) is 0 Å². The number of allylic oxidation sites excluding steroid dienone is 2. The molecule has 24 heavy (non-hydrogen) atoms. The third kappa shape index (κ3) is 11.7. The van der Waals surface area contributed by atoms with Crippen LogP contribution in [-0.4, -0.2) is 12.6 Å². The van der Waals surface area contributed by atoms with Crippen LogP contribution in [0, 0.1) is 5.92 Å². The van der Waals surface area contributed by atoms with Crippen molar-refractivity contribution >= 4 is 5.97 Å². The van der Waals surface area contributed by atoms with Gasteiger partial charge in [-0.05, 0) is 44.9 Å². The van der Waals surface area contributed by atoms with Crippen LogP contribution in [0.4, 0.5) is 0 Å². The van der Waals surface area contributed by atoms with Crippen molar-refractivity contribution in [3.05, 3.63) is 12.2 Å². The predicted octanol–water partition coefficient (Wildman–Crippen LogP) is 6.98. The number of hydrogen-bond donors (Lipinski definition) is 0. The van der Waals surface area contributed by atoms with Crippen LogP contribution in [0.1, 0.15) is 110 Å². The number of unbranched alkanes of at least 4 members (excludes halogenated alkanes) is 3. The van der Waals surface area contributed by atoms with Gasteiger partial charge in [-0.2, -0.15) is 0 Å². The van der Waals surface area contributed by atoms with Crippen LogP contribution < -0.4 is 0 Å². The highest BCUT2D eigenvalue weighted by atomic mass is 16.5. The van der Waals surface area contributed by atoms with Gasteiger partial charge in [-0.15, -0.1) is 0 Å². The quantitative estimate of drug-likeness (QED) is 0.297. The van der Waals surface area contributed by atoms with Gasteiger partial charge in [0.25, 0.3) is 0 Å². The minimum Gasteiger partial charge on any atom is -0.465 e. The molecule has 0 unspecified atom stereocenters. The SMILES string of the molecule is CCCCCCOC(=O)C1CCCCCC/C=C\CCCCCC1. The Labute approximate surface area is 150 Å². The van der Waals surface area contributed by atoms with E-state index in [1.165, 1.54) is 83.5 Å². The van der Waals surface area contributed by atoms with Gasteiger partial charge >= 0.3 is 5.97 Å². The lowest BCUT2D eigenvalue weighted by Gasteiger charge is -2.16. The van der Waals surface area contributed by atoms with Gasteiger partial charge in [-0.25, -0.2) is 0 Å². The van der Waals surface area contributed by atoms with E-state index in [2.05, 4.69) is 19.1 Å². The van der Waals surface area contributed by atoms with Crippen LogP contribution in [0.5, 0.6) is 0 Å². The number of carbonyl (C=O) groups is 1. The first-order valence-electron chi connectivity index (χ1n) is 10.7. The van der Waals surface area contributed by atoms with Crippen molar-refractivity contribution in [1.82, 2.24) is 0 Å². The summed E-state index contributed by atoms with van der Waals surface area (Å²) in [6.45, 7) is 2.83. The third-order valence-corrected chi connectivity index (χ3v) is 5.09. The second-order valence-corrected chi connectivity index (χ2v) is 7.38. The van der Waals surface area contributed by atoms with E-state index < -0.39 is 0 Å². The van der Waals surface area contributed by atoms with Crippen molar-refractivity contribution in [1.29, 1.82) is 0 Å². The highest BCUT2D eigenvalue weighted by Crippen LogP contribution is 2.21. The largest absolute Gasteiger partial charge is 0.465 e. The smallest absolute Gasteiger partial charge is 0.308 e. The summed E-state index contributed by atoms with van der Waals surface area (Å²) in [6, 6.07) is 0. The maximum absolute atomic E-state index is 12.4. The molecule has 0 spiro atoms. The first kappa shape index (κ1) is 21.3. The van der Waals surface area contributed by atoms with Gasteiger partial charge in [0.15, 0.2) is 0 Å². The van der Waals surface area contributed by atoms with Gasteiger partial charge in [0.2, 0.25) is 0 Å². The van der Waals surface area contributed by atoms with Crippen LogP contribution >= 0.6 is 0 Å². The van der Waals surface area contributed by atoms with E-state index in [1.807, 2.05) is 0 Å². The van der Waals surface area contributed by atoms with Crippen molar-refractivity contribution in [2.45, 2.75) is 110 Å². The van der Waals surface area contributed by atoms with Crippen LogP contribution in [0.3, 0.4) is 0 Å². The molecule has 1 aliphatic carbocycles. The highest BCUT2D eigenvalue weighted by Gasteiger charge is 2.19. The Morgan fingerprint density at radius 1 is 0.833 bits per heavy atom. The molecule has 0 aliphatic heterocycles. The van der Waals surface area contributed by atoms with Crippen molar-refractivity contribution in [3.63, 3.8) is 0 Å². The van der Waals surface area contributed by atoms with Crippen LogP contribution in [0.15, 0.2) is 12.2 Å². The molecule has 2 nitrogen and oxygen atoms in total. The normalized spacial score (nSPS) is 20.7. The molecule has 1 aliphatic rings. The van der Waals surface area contributed by atoms with Crippen LogP contribution in [-0.2, 0) is 9.53 Å². The van der Waals surface area contributed by atoms with Gasteiger partial charge in [0.1, 0.15) is 0 Å². The molecule has 0 aromatic rings. The van der Waals surface area contributed by atoms with Crippen LogP contribution in [0.25, 0.3) is 0 Å². The summed E-state index contributed by atoms with van der Waals surface area (Å²) in [5, 5.41) is 0. The molecule has 0 N–H and O–H groups in total. The fraction of sp³-hybridized carbons (Fsp3) is 0.864. The summed E-state index contributed by atoms with van der Waals surface area (Å²) >= 11 is 0. The van der Waals surface area contributed by atoms with Crippen molar-refractivity contribution in [2.75, 3.05) is 6.61 Å². The molecule has 0 saturated heterocycles. The summed E-state index contributed by atoms with van der Waals surface area (Å²) in [6.07, 6.45) is 24.0. The van der Waals surface area contributed by atoms with Crippen molar-refractivity contribution in [3.8, 4) is 0 Å². The Balaban J connectivity index is 2.31. The molecular formula is C22H40O2. The third-order valence-electron chi connectivity index (χ3n) is 5.09. The summed E-state index contributed by atoms with van der Waals surface area (Å²) in [5.74, 6) is 0.233. The lowest BCUT2D eigenvalue weighted by molar-refractivity contribution is -0.149. The van der Waals surface area contributed by atoms with Crippen molar-refractivity contribution in [2.24, 2.45) is 5.92 Å². The van der Waals surface area contributed by atoms with Gasteiger partial charge < -0.3 is 4.74 Å². The van der Waals surface area contributed by atoms with E-state index in [1.54, 1.807) is 0 Å². The zero-order valence-electron chi connectivity index (χ0n) is 16.1. The highest BCUT2D eigenvalue weighted by molar-refractivity contribution is 5.72. The fourth-order valence-electron chi connectivity index (χ4n) is 3.45. The van der Waals surface area contributed by atoms with Gasteiger partial charge in [0.05, 0.1) is 12.5 Å². The topological polar surface area (TPSA) is 26.3 Å². The Bertz CT molecular complexity index is 304. The van der Waals surface area contributed by atoms with Gasteiger partial charge in [-0.1, -0.05) is 76.9 Å². The molecule has 0 radical (unpaired) electrons. The molecule has 0 amide bonds. The van der Waals surface area contributed by atoms with Crippen LogP contribution in [0.2, 0.25) is 0 Å². The van der Waals surface area contributed by atoms with E-state index in [4.69, 9.17) is 4.74 Å². The molecule has 140 valence electrons. The molecule has 0 bridgehead atoms. The maximum Gasteiger partial charge on any atom is 0.308 e. The van der Waals surface area contributed by atoms with E-state index >= 15 is 0 Å². The number of rotatable bonds is 6. The minimum absolute atomic E-state index is 0.0810. The monoisotopic (exact) mass is 336 g/mol. The minimum atomic E-state index is 0.0810. The second-order valence-electron chi connectivity index (χ2n) is 7.38. The van der Waals surface area contributed by atoms with E-state index in [0.29, 0.717) is 6.61 Å². The summed E-state index contributed by atoms with van der Waals surface area (Å²) in [4.78, 5) is 12.4. The van der Waals surface area contributed by atoms with Crippen molar-refractivity contribution < 1.29 is 9.53 Å². The molecule has 0 atom stereocenters. The average molecular weight is 337 g/mol.